The predicted octanol–water partition coefficient (Wildman–Crippen LogP) is 1.83. The van der Waals surface area contributed by atoms with Crippen molar-refractivity contribution in [3.63, 3.8) is 0 Å². The topological polar surface area (TPSA) is 55.6 Å². The van der Waals surface area contributed by atoms with Crippen LogP contribution in [0.2, 0.25) is 0 Å². The molecule has 0 aromatic heterocycles. The Bertz CT molecular complexity index is 426. The summed E-state index contributed by atoms with van der Waals surface area (Å²) in [5.41, 5.74) is 7.89. The van der Waals surface area contributed by atoms with Crippen LogP contribution in [0.25, 0.3) is 0 Å². The standard InChI is InChI=1S/C14H20N2O2/c1-11-10-12(4-5-13(11)15)14(17)18-9-8-16-6-2-3-7-16/h4-5,10H,2-3,6-9,15H2,1H3. The average molecular weight is 248 g/mol. The van der Waals surface area contributed by atoms with Crippen molar-refractivity contribution >= 4 is 11.7 Å². The van der Waals surface area contributed by atoms with Crippen molar-refractivity contribution in [3.8, 4) is 0 Å². The Morgan fingerprint density at radius 3 is 2.78 bits per heavy atom. The number of carbonyl (C=O) groups is 1. The minimum absolute atomic E-state index is 0.266. The first-order valence-electron chi connectivity index (χ1n) is 6.42. The van der Waals surface area contributed by atoms with Gasteiger partial charge in [-0.05, 0) is 56.6 Å². The fraction of sp³-hybridized carbons (Fsp3) is 0.500. The summed E-state index contributed by atoms with van der Waals surface area (Å²) in [6, 6.07) is 5.22. The van der Waals surface area contributed by atoms with Gasteiger partial charge in [0.1, 0.15) is 6.61 Å². The predicted molar refractivity (Wildman–Crippen MR) is 71.5 cm³/mol. The average Bonchev–Trinajstić information content (AvgIpc) is 2.85. The van der Waals surface area contributed by atoms with Crippen LogP contribution in [0.5, 0.6) is 0 Å². The number of rotatable bonds is 4. The maximum absolute atomic E-state index is 11.8. The van der Waals surface area contributed by atoms with Gasteiger partial charge in [-0.15, -0.1) is 0 Å². The number of nitrogen functional groups attached to an aromatic ring is 1. The Hall–Kier alpha value is -1.55. The van der Waals surface area contributed by atoms with Gasteiger partial charge in [0.25, 0.3) is 0 Å². The van der Waals surface area contributed by atoms with Crippen molar-refractivity contribution in [2.24, 2.45) is 0 Å². The molecule has 0 unspecified atom stereocenters. The molecule has 0 saturated carbocycles. The van der Waals surface area contributed by atoms with E-state index in [9.17, 15) is 4.79 Å². The molecule has 1 aliphatic heterocycles. The van der Waals surface area contributed by atoms with Crippen molar-refractivity contribution < 1.29 is 9.53 Å². The Balaban J connectivity index is 1.81. The molecule has 0 aliphatic carbocycles. The molecule has 1 aromatic carbocycles. The zero-order valence-electron chi connectivity index (χ0n) is 10.8. The highest BCUT2D eigenvalue weighted by Gasteiger charge is 2.13. The highest BCUT2D eigenvalue weighted by Crippen LogP contribution is 2.13. The van der Waals surface area contributed by atoms with Gasteiger partial charge < -0.3 is 10.5 Å². The third-order valence-electron chi connectivity index (χ3n) is 3.34. The van der Waals surface area contributed by atoms with E-state index in [4.69, 9.17) is 10.5 Å². The zero-order valence-corrected chi connectivity index (χ0v) is 10.8. The summed E-state index contributed by atoms with van der Waals surface area (Å²) in [6.07, 6.45) is 2.51. The number of aryl methyl sites for hydroxylation is 1. The van der Waals surface area contributed by atoms with Crippen molar-refractivity contribution in [3.05, 3.63) is 29.3 Å². The molecule has 2 rings (SSSR count). The number of nitrogens with zero attached hydrogens (tertiary/aromatic N) is 1. The second kappa shape index (κ2) is 5.87. The van der Waals surface area contributed by atoms with Crippen molar-refractivity contribution in [1.82, 2.24) is 4.90 Å². The van der Waals surface area contributed by atoms with Gasteiger partial charge in [-0.25, -0.2) is 4.79 Å². The molecule has 1 aliphatic rings. The molecule has 18 heavy (non-hydrogen) atoms. The van der Waals surface area contributed by atoms with Crippen LogP contribution >= 0.6 is 0 Å². The fourth-order valence-corrected chi connectivity index (χ4v) is 2.16. The number of esters is 1. The normalized spacial score (nSPS) is 15.8. The molecular weight excluding hydrogens is 228 g/mol. The second-order valence-electron chi connectivity index (χ2n) is 4.76. The third kappa shape index (κ3) is 3.23. The number of hydrogen-bond donors (Lipinski definition) is 1. The van der Waals surface area contributed by atoms with Crippen LogP contribution in [-0.4, -0.2) is 37.1 Å². The van der Waals surface area contributed by atoms with E-state index < -0.39 is 0 Å². The van der Waals surface area contributed by atoms with Gasteiger partial charge in [-0.2, -0.15) is 0 Å². The number of carbonyl (C=O) groups excluding carboxylic acids is 1. The van der Waals surface area contributed by atoms with Crippen LogP contribution in [-0.2, 0) is 4.74 Å². The van der Waals surface area contributed by atoms with E-state index in [1.807, 2.05) is 6.92 Å². The highest BCUT2D eigenvalue weighted by atomic mass is 16.5. The molecule has 0 bridgehead atoms. The number of benzene rings is 1. The van der Waals surface area contributed by atoms with Crippen molar-refractivity contribution in [2.75, 3.05) is 32.0 Å². The van der Waals surface area contributed by atoms with E-state index in [2.05, 4.69) is 4.90 Å². The first kappa shape index (κ1) is 12.9. The van der Waals surface area contributed by atoms with E-state index >= 15 is 0 Å². The summed E-state index contributed by atoms with van der Waals surface area (Å²) in [5, 5.41) is 0. The van der Waals surface area contributed by atoms with Crippen LogP contribution in [0.1, 0.15) is 28.8 Å². The third-order valence-corrected chi connectivity index (χ3v) is 3.34. The van der Waals surface area contributed by atoms with Gasteiger partial charge in [0.2, 0.25) is 0 Å². The molecule has 0 atom stereocenters. The first-order chi connectivity index (χ1) is 8.66. The lowest BCUT2D eigenvalue weighted by Crippen LogP contribution is -2.25. The largest absolute Gasteiger partial charge is 0.461 e. The van der Waals surface area contributed by atoms with Gasteiger partial charge >= 0.3 is 5.97 Å². The van der Waals surface area contributed by atoms with Crippen LogP contribution in [0.3, 0.4) is 0 Å². The Morgan fingerprint density at radius 2 is 2.11 bits per heavy atom. The fourth-order valence-electron chi connectivity index (χ4n) is 2.16. The summed E-state index contributed by atoms with van der Waals surface area (Å²) in [7, 11) is 0. The lowest BCUT2D eigenvalue weighted by molar-refractivity contribution is 0.0472. The van der Waals surface area contributed by atoms with Gasteiger partial charge in [0, 0.05) is 12.2 Å². The molecule has 0 spiro atoms. The number of ether oxygens (including phenoxy) is 1. The van der Waals surface area contributed by atoms with E-state index in [1.54, 1.807) is 18.2 Å². The van der Waals surface area contributed by atoms with Gasteiger partial charge in [-0.3, -0.25) is 4.90 Å². The molecule has 2 N–H and O–H groups in total. The molecule has 98 valence electrons. The Labute approximate surface area is 108 Å². The summed E-state index contributed by atoms with van der Waals surface area (Å²) >= 11 is 0. The van der Waals surface area contributed by atoms with E-state index in [-0.39, 0.29) is 5.97 Å². The molecule has 1 heterocycles. The highest BCUT2D eigenvalue weighted by molar-refractivity contribution is 5.90. The lowest BCUT2D eigenvalue weighted by atomic mass is 10.1. The maximum Gasteiger partial charge on any atom is 0.338 e. The van der Waals surface area contributed by atoms with Crippen LogP contribution in [0, 0.1) is 6.92 Å². The summed E-state index contributed by atoms with van der Waals surface area (Å²) in [4.78, 5) is 14.1. The number of likely N-dealkylation sites (tertiary alicyclic amines) is 1. The quantitative estimate of drug-likeness (QED) is 0.652. The van der Waals surface area contributed by atoms with Gasteiger partial charge in [-0.1, -0.05) is 0 Å². The second-order valence-corrected chi connectivity index (χ2v) is 4.76. The van der Waals surface area contributed by atoms with Crippen LogP contribution in [0.4, 0.5) is 5.69 Å². The first-order valence-corrected chi connectivity index (χ1v) is 6.42. The molecule has 4 nitrogen and oxygen atoms in total. The molecule has 0 amide bonds. The molecule has 1 saturated heterocycles. The van der Waals surface area contributed by atoms with Gasteiger partial charge in [0.15, 0.2) is 0 Å². The summed E-state index contributed by atoms with van der Waals surface area (Å²) < 4.78 is 5.26. The SMILES string of the molecule is Cc1cc(C(=O)OCCN2CCCC2)ccc1N. The smallest absolute Gasteiger partial charge is 0.338 e. The number of anilines is 1. The lowest BCUT2D eigenvalue weighted by Gasteiger charge is -2.14. The number of nitrogens with two attached hydrogens (primary N) is 1. The molecule has 1 fully saturated rings. The summed E-state index contributed by atoms with van der Waals surface area (Å²) in [5.74, 6) is -0.266. The minimum Gasteiger partial charge on any atom is -0.461 e. The van der Waals surface area contributed by atoms with Crippen LogP contribution in [0.15, 0.2) is 18.2 Å². The van der Waals surface area contributed by atoms with Crippen molar-refractivity contribution in [1.29, 1.82) is 0 Å². The molecule has 4 heteroatoms. The minimum atomic E-state index is -0.266. The monoisotopic (exact) mass is 248 g/mol. The van der Waals surface area contributed by atoms with E-state index in [0.29, 0.717) is 17.9 Å². The molecule has 1 aromatic rings. The Morgan fingerprint density at radius 1 is 1.39 bits per heavy atom. The van der Waals surface area contributed by atoms with Crippen molar-refractivity contribution in [2.45, 2.75) is 19.8 Å². The zero-order chi connectivity index (χ0) is 13.0. The molecular formula is C14H20N2O2. The van der Waals surface area contributed by atoms with Gasteiger partial charge in [0.05, 0.1) is 5.56 Å². The van der Waals surface area contributed by atoms with Crippen LogP contribution < -0.4 is 5.73 Å². The maximum atomic E-state index is 11.8. The van der Waals surface area contributed by atoms with E-state index in [0.717, 1.165) is 25.2 Å². The summed E-state index contributed by atoms with van der Waals surface area (Å²) in [6.45, 7) is 5.43. The molecule has 0 radical (unpaired) electrons. The Kier molecular flexibility index (Phi) is 4.20. The van der Waals surface area contributed by atoms with E-state index in [1.165, 1.54) is 12.8 Å². The number of hydrogen-bond acceptors (Lipinski definition) is 4.